The van der Waals surface area contributed by atoms with E-state index in [-0.39, 0.29) is 6.42 Å². The highest BCUT2D eigenvalue weighted by Crippen LogP contribution is 2.33. The molecule has 2 aromatic carbocycles. The molecule has 7 nitrogen and oxygen atoms in total. The van der Waals surface area contributed by atoms with Crippen molar-refractivity contribution in [2.24, 2.45) is 5.10 Å². The van der Waals surface area contributed by atoms with Gasteiger partial charge in [0.25, 0.3) is 0 Å². The summed E-state index contributed by atoms with van der Waals surface area (Å²) < 4.78 is 12.9. The van der Waals surface area contributed by atoms with Gasteiger partial charge in [0.1, 0.15) is 6.42 Å². The monoisotopic (exact) mass is 573 g/mol. The Morgan fingerprint density at radius 3 is 2.55 bits per heavy atom. The molecule has 29 heavy (non-hydrogen) atoms. The molecule has 0 heterocycles. The number of rotatable bonds is 9. The number of hydrazone groups is 1. The van der Waals surface area contributed by atoms with E-state index < -0.39 is 11.8 Å². The Morgan fingerprint density at radius 1 is 1.14 bits per heavy atom. The molecule has 0 aromatic heterocycles. The van der Waals surface area contributed by atoms with Gasteiger partial charge >= 0.3 is 0 Å². The largest absolute Gasteiger partial charge is 0.490 e. The Kier molecular flexibility index (Phi) is 9.39. The average Bonchev–Trinajstić information content (AvgIpc) is 2.66. The summed E-state index contributed by atoms with van der Waals surface area (Å²) >= 11 is 5.50. The number of amides is 2. The van der Waals surface area contributed by atoms with E-state index in [9.17, 15) is 9.59 Å². The summed E-state index contributed by atoms with van der Waals surface area (Å²) in [5.41, 5.74) is 3.69. The highest BCUT2D eigenvalue weighted by atomic mass is 127. The topological polar surface area (TPSA) is 89.0 Å². The molecule has 2 amide bonds. The molecule has 0 fully saturated rings. The van der Waals surface area contributed by atoms with Crippen LogP contribution < -0.4 is 20.2 Å². The lowest BCUT2D eigenvalue weighted by Gasteiger charge is -2.13. The van der Waals surface area contributed by atoms with Crippen molar-refractivity contribution in [3.05, 3.63) is 50.0 Å². The third kappa shape index (κ3) is 7.32. The molecule has 0 saturated carbocycles. The second-order valence-corrected chi connectivity index (χ2v) is 7.71. The SMILES string of the molecule is CCOc1cc(C=NNC(=O)CC(=O)Nc2ccccc2Br)cc(I)c1OCC. The number of anilines is 1. The number of hydrogen-bond donors (Lipinski definition) is 2. The maximum atomic E-state index is 12.0. The van der Waals surface area contributed by atoms with Gasteiger partial charge in [0.15, 0.2) is 11.5 Å². The van der Waals surface area contributed by atoms with Crippen molar-refractivity contribution in [1.29, 1.82) is 0 Å². The van der Waals surface area contributed by atoms with Crippen LogP contribution in [0.2, 0.25) is 0 Å². The number of halogens is 2. The van der Waals surface area contributed by atoms with Gasteiger partial charge in [-0.1, -0.05) is 12.1 Å². The third-order valence-corrected chi connectivity index (χ3v) is 4.99. The summed E-state index contributed by atoms with van der Waals surface area (Å²) in [5.74, 6) is 0.344. The minimum Gasteiger partial charge on any atom is -0.490 e. The van der Waals surface area contributed by atoms with Crippen LogP contribution >= 0.6 is 38.5 Å². The minimum atomic E-state index is -0.517. The fourth-order valence-electron chi connectivity index (χ4n) is 2.33. The lowest BCUT2D eigenvalue weighted by molar-refractivity contribution is -0.126. The first-order valence-electron chi connectivity index (χ1n) is 8.90. The van der Waals surface area contributed by atoms with Gasteiger partial charge in [-0.3, -0.25) is 9.59 Å². The fraction of sp³-hybridized carbons (Fsp3) is 0.250. The predicted octanol–water partition coefficient (Wildman–Crippen LogP) is 4.33. The first-order valence-corrected chi connectivity index (χ1v) is 10.8. The second kappa shape index (κ2) is 11.8. The van der Waals surface area contributed by atoms with Crippen molar-refractivity contribution < 1.29 is 19.1 Å². The summed E-state index contributed by atoms with van der Waals surface area (Å²) in [5, 5.41) is 6.59. The number of hydrogen-bond acceptors (Lipinski definition) is 5. The van der Waals surface area contributed by atoms with E-state index >= 15 is 0 Å². The number of para-hydroxylation sites is 1. The van der Waals surface area contributed by atoms with E-state index in [0.717, 1.165) is 13.6 Å². The molecule has 154 valence electrons. The number of nitrogens with zero attached hydrogens (tertiary/aromatic N) is 1. The lowest BCUT2D eigenvalue weighted by Crippen LogP contribution is -2.24. The van der Waals surface area contributed by atoms with Crippen LogP contribution in [0.15, 0.2) is 46.0 Å². The summed E-state index contributed by atoms with van der Waals surface area (Å²) in [7, 11) is 0. The molecular weight excluding hydrogens is 553 g/mol. The Morgan fingerprint density at radius 2 is 1.86 bits per heavy atom. The van der Waals surface area contributed by atoms with Crippen LogP contribution in [-0.2, 0) is 9.59 Å². The van der Waals surface area contributed by atoms with E-state index in [1.807, 2.05) is 26.0 Å². The molecule has 0 bridgehead atoms. The molecule has 0 radical (unpaired) electrons. The van der Waals surface area contributed by atoms with Gasteiger partial charge < -0.3 is 14.8 Å². The van der Waals surface area contributed by atoms with Crippen molar-refractivity contribution in [1.82, 2.24) is 5.43 Å². The van der Waals surface area contributed by atoms with Gasteiger partial charge in [-0.15, -0.1) is 0 Å². The molecule has 2 rings (SSSR count). The van der Waals surface area contributed by atoms with Gasteiger partial charge in [0, 0.05) is 4.47 Å². The van der Waals surface area contributed by atoms with Crippen LogP contribution in [0.5, 0.6) is 11.5 Å². The van der Waals surface area contributed by atoms with Gasteiger partial charge in [-0.2, -0.15) is 5.10 Å². The van der Waals surface area contributed by atoms with E-state index in [4.69, 9.17) is 9.47 Å². The first kappa shape index (κ1) is 23.1. The van der Waals surface area contributed by atoms with E-state index in [1.54, 1.807) is 24.3 Å². The summed E-state index contributed by atoms with van der Waals surface area (Å²) in [6, 6.07) is 10.8. The Hall–Kier alpha value is -2.14. The second-order valence-electron chi connectivity index (χ2n) is 5.69. The van der Waals surface area contributed by atoms with Crippen molar-refractivity contribution in [3.63, 3.8) is 0 Å². The van der Waals surface area contributed by atoms with E-state index in [0.29, 0.717) is 30.4 Å². The molecule has 0 spiro atoms. The molecule has 9 heteroatoms. The zero-order chi connectivity index (χ0) is 21.2. The smallest absolute Gasteiger partial charge is 0.249 e. The molecule has 0 aliphatic heterocycles. The van der Waals surface area contributed by atoms with Gasteiger partial charge in [-0.25, -0.2) is 5.43 Å². The summed E-state index contributed by atoms with van der Waals surface area (Å²) in [4.78, 5) is 23.9. The Balaban J connectivity index is 1.95. The standard InChI is InChI=1S/C20H21BrIN3O4/c1-3-28-17-10-13(9-15(22)20(17)29-4-2)12-23-25-19(27)11-18(26)24-16-8-6-5-7-14(16)21/h5-10,12H,3-4,11H2,1-2H3,(H,24,26)(H,25,27). The summed E-state index contributed by atoms with van der Waals surface area (Å²) in [6.07, 6.45) is 1.15. The molecule has 0 atom stereocenters. The van der Waals surface area contributed by atoms with Gasteiger partial charge in [0.2, 0.25) is 11.8 Å². The van der Waals surface area contributed by atoms with E-state index in [1.165, 1.54) is 6.21 Å². The molecule has 0 saturated heterocycles. The molecule has 2 aromatic rings. The van der Waals surface area contributed by atoms with Crippen molar-refractivity contribution in [2.45, 2.75) is 20.3 Å². The maximum absolute atomic E-state index is 12.0. The van der Waals surface area contributed by atoms with Gasteiger partial charge in [0.05, 0.1) is 28.7 Å². The van der Waals surface area contributed by atoms with E-state index in [2.05, 4.69) is 54.4 Å². The number of carbonyl (C=O) groups excluding carboxylic acids is 2. The minimum absolute atomic E-state index is 0.344. The van der Waals surface area contributed by atoms with Gasteiger partial charge in [-0.05, 0) is 82.2 Å². The molecule has 0 aliphatic carbocycles. The van der Waals surface area contributed by atoms with Crippen molar-refractivity contribution in [2.75, 3.05) is 18.5 Å². The van der Waals surface area contributed by atoms with Crippen LogP contribution in [0, 0.1) is 3.57 Å². The third-order valence-electron chi connectivity index (χ3n) is 3.49. The quantitative estimate of drug-likeness (QED) is 0.202. The Bertz CT molecular complexity index is 905. The molecule has 0 aliphatic rings. The number of nitrogens with one attached hydrogen (secondary N) is 2. The zero-order valence-corrected chi connectivity index (χ0v) is 19.7. The fourth-order valence-corrected chi connectivity index (χ4v) is 3.50. The van der Waals surface area contributed by atoms with Crippen LogP contribution in [0.4, 0.5) is 5.69 Å². The highest BCUT2D eigenvalue weighted by Gasteiger charge is 2.12. The lowest BCUT2D eigenvalue weighted by atomic mass is 10.2. The average molecular weight is 574 g/mol. The molecular formula is C20H21BrIN3O4. The van der Waals surface area contributed by atoms with Crippen LogP contribution in [0.25, 0.3) is 0 Å². The highest BCUT2D eigenvalue weighted by molar-refractivity contribution is 14.1. The molecule has 2 N–H and O–H groups in total. The zero-order valence-electron chi connectivity index (χ0n) is 16.0. The van der Waals surface area contributed by atoms with Crippen molar-refractivity contribution >= 4 is 62.2 Å². The first-order chi connectivity index (χ1) is 13.9. The number of ether oxygens (including phenoxy) is 2. The Labute approximate surface area is 191 Å². The molecule has 0 unspecified atom stereocenters. The number of carbonyl (C=O) groups is 2. The summed E-state index contributed by atoms with van der Waals surface area (Å²) in [6.45, 7) is 4.83. The van der Waals surface area contributed by atoms with Crippen molar-refractivity contribution in [3.8, 4) is 11.5 Å². The predicted molar refractivity (Wildman–Crippen MR) is 125 cm³/mol. The van der Waals surface area contributed by atoms with Crippen LogP contribution in [0.3, 0.4) is 0 Å². The maximum Gasteiger partial charge on any atom is 0.249 e. The van der Waals surface area contributed by atoms with Crippen LogP contribution in [-0.4, -0.2) is 31.2 Å². The normalized spacial score (nSPS) is 10.6. The van der Waals surface area contributed by atoms with Crippen LogP contribution in [0.1, 0.15) is 25.8 Å². The number of benzene rings is 2.